The van der Waals surface area contributed by atoms with Crippen LogP contribution in [0.25, 0.3) is 0 Å². The second kappa shape index (κ2) is 6.87. The Morgan fingerprint density at radius 1 is 0.938 bits per heavy atom. The minimum Gasteiger partial charge on any atom is -0.148 e. The lowest BCUT2D eigenvalue weighted by molar-refractivity contribution is 1.50. The lowest BCUT2D eigenvalue weighted by Gasteiger charge is -1.85. The van der Waals surface area contributed by atoms with Gasteiger partial charge in [0.1, 0.15) is 0 Å². The van der Waals surface area contributed by atoms with Crippen molar-refractivity contribution in [1.82, 2.24) is 0 Å². The Bertz CT molecular complexity index is 469. The fourth-order valence-electron chi connectivity index (χ4n) is 1.17. The van der Waals surface area contributed by atoms with Crippen LogP contribution in [0.3, 0.4) is 0 Å². The van der Waals surface area contributed by atoms with Crippen molar-refractivity contribution in [3.05, 3.63) is 57.8 Å². The second-order valence-corrected chi connectivity index (χ2v) is 4.18. The van der Waals surface area contributed by atoms with Crippen molar-refractivity contribution in [2.45, 2.75) is 20.8 Å². The van der Waals surface area contributed by atoms with Gasteiger partial charge in [-0.25, -0.2) is 0 Å². The lowest BCUT2D eigenvalue weighted by Crippen LogP contribution is -1.71. The first-order chi connectivity index (χ1) is 7.84. The van der Waals surface area contributed by atoms with E-state index in [1.54, 1.807) is 11.3 Å². The van der Waals surface area contributed by atoms with Gasteiger partial charge in [-0.1, -0.05) is 43.9 Å². The highest BCUT2D eigenvalue weighted by atomic mass is 32.1. The minimum atomic E-state index is 1.07. The van der Waals surface area contributed by atoms with Gasteiger partial charge in [-0.05, 0) is 25.1 Å². The zero-order valence-electron chi connectivity index (χ0n) is 9.95. The molecule has 0 unspecified atom stereocenters. The molecule has 0 saturated heterocycles. The number of aryl methyl sites for hydroxylation is 1. The van der Waals surface area contributed by atoms with E-state index in [1.807, 2.05) is 44.2 Å². The highest BCUT2D eigenvalue weighted by Crippen LogP contribution is 2.11. The predicted molar refractivity (Wildman–Crippen MR) is 72.8 cm³/mol. The van der Waals surface area contributed by atoms with Crippen molar-refractivity contribution >= 4 is 11.3 Å². The summed E-state index contributed by atoms with van der Waals surface area (Å²) in [5, 5.41) is 2.09. The number of thiophene rings is 1. The third-order valence-electron chi connectivity index (χ3n) is 1.86. The Morgan fingerprint density at radius 2 is 1.56 bits per heavy atom. The van der Waals surface area contributed by atoms with E-state index in [2.05, 4.69) is 30.2 Å². The number of hydrogen-bond donors (Lipinski definition) is 0. The molecule has 1 aromatic heterocycles. The van der Waals surface area contributed by atoms with Crippen LogP contribution in [0.1, 0.15) is 29.9 Å². The van der Waals surface area contributed by atoms with Crippen LogP contribution in [0.4, 0.5) is 0 Å². The first-order valence-electron chi connectivity index (χ1n) is 5.47. The van der Waals surface area contributed by atoms with Gasteiger partial charge in [-0.15, -0.1) is 11.3 Å². The van der Waals surface area contributed by atoms with Crippen molar-refractivity contribution in [3.63, 3.8) is 0 Å². The minimum absolute atomic E-state index is 1.07. The highest BCUT2D eigenvalue weighted by molar-refractivity contribution is 7.10. The third-order valence-corrected chi connectivity index (χ3v) is 2.72. The monoisotopic (exact) mass is 228 g/mol. The zero-order valence-corrected chi connectivity index (χ0v) is 10.8. The number of hydrogen-bond acceptors (Lipinski definition) is 1. The second-order valence-electron chi connectivity index (χ2n) is 3.06. The first-order valence-corrected chi connectivity index (χ1v) is 6.35. The van der Waals surface area contributed by atoms with Gasteiger partial charge >= 0.3 is 0 Å². The van der Waals surface area contributed by atoms with Gasteiger partial charge in [0.25, 0.3) is 0 Å². The topological polar surface area (TPSA) is 0 Å². The summed E-state index contributed by atoms with van der Waals surface area (Å²) in [5.74, 6) is 6.27. The third kappa shape index (κ3) is 3.92. The summed E-state index contributed by atoms with van der Waals surface area (Å²) in [7, 11) is 0. The van der Waals surface area contributed by atoms with E-state index in [-0.39, 0.29) is 0 Å². The molecule has 0 aliphatic carbocycles. The van der Waals surface area contributed by atoms with E-state index in [1.165, 1.54) is 4.88 Å². The maximum absolute atomic E-state index is 3.14. The quantitative estimate of drug-likeness (QED) is 0.583. The lowest BCUT2D eigenvalue weighted by atomic mass is 10.2. The predicted octanol–water partition coefficient (Wildman–Crippen LogP) is 4.48. The van der Waals surface area contributed by atoms with Crippen molar-refractivity contribution in [2.75, 3.05) is 0 Å². The van der Waals surface area contributed by atoms with Crippen LogP contribution in [-0.2, 0) is 0 Å². The molecule has 1 aromatic carbocycles. The summed E-state index contributed by atoms with van der Waals surface area (Å²) in [6, 6.07) is 12.2. The number of rotatable bonds is 0. The van der Waals surface area contributed by atoms with Crippen molar-refractivity contribution in [1.29, 1.82) is 0 Å². The van der Waals surface area contributed by atoms with E-state index in [0.29, 0.717) is 0 Å². The maximum Gasteiger partial charge on any atom is 0.0358 e. The SMILES string of the molecule is CC.Cc1cc(C#Cc2ccccc2)cs1. The Balaban J connectivity index is 0.000000606. The van der Waals surface area contributed by atoms with Crippen LogP contribution >= 0.6 is 11.3 Å². The molecule has 1 heterocycles. The Morgan fingerprint density at radius 3 is 2.12 bits per heavy atom. The molecular formula is C15H16S. The zero-order chi connectivity index (χ0) is 11.8. The maximum atomic E-state index is 3.14. The molecular weight excluding hydrogens is 212 g/mol. The average molecular weight is 228 g/mol. The highest BCUT2D eigenvalue weighted by Gasteiger charge is 1.90. The van der Waals surface area contributed by atoms with Crippen LogP contribution in [0, 0.1) is 18.8 Å². The summed E-state index contributed by atoms with van der Waals surface area (Å²) < 4.78 is 0. The normalized spacial score (nSPS) is 8.44. The molecule has 1 heteroatoms. The van der Waals surface area contributed by atoms with Crippen LogP contribution in [-0.4, -0.2) is 0 Å². The van der Waals surface area contributed by atoms with Gasteiger partial charge in [0.15, 0.2) is 0 Å². The van der Waals surface area contributed by atoms with E-state index in [4.69, 9.17) is 0 Å². The van der Waals surface area contributed by atoms with Gasteiger partial charge in [0.05, 0.1) is 0 Å². The van der Waals surface area contributed by atoms with Crippen molar-refractivity contribution in [3.8, 4) is 11.8 Å². The summed E-state index contributed by atoms with van der Waals surface area (Å²) >= 11 is 1.74. The molecule has 0 saturated carbocycles. The average Bonchev–Trinajstić information content (AvgIpc) is 2.77. The van der Waals surface area contributed by atoms with Crippen molar-refractivity contribution in [2.24, 2.45) is 0 Å². The fraction of sp³-hybridized carbons (Fsp3) is 0.200. The molecule has 2 aromatic rings. The Kier molecular flexibility index (Phi) is 5.39. The molecule has 0 nitrogen and oxygen atoms in total. The van der Waals surface area contributed by atoms with E-state index >= 15 is 0 Å². The smallest absolute Gasteiger partial charge is 0.0358 e. The first kappa shape index (κ1) is 12.5. The van der Waals surface area contributed by atoms with Gasteiger partial charge in [0.2, 0.25) is 0 Å². The van der Waals surface area contributed by atoms with E-state index in [0.717, 1.165) is 11.1 Å². The summed E-state index contributed by atoms with van der Waals surface area (Å²) in [6.45, 7) is 6.10. The largest absolute Gasteiger partial charge is 0.148 e. The number of benzene rings is 1. The van der Waals surface area contributed by atoms with Crippen LogP contribution < -0.4 is 0 Å². The van der Waals surface area contributed by atoms with Crippen molar-refractivity contribution < 1.29 is 0 Å². The molecule has 0 aliphatic rings. The molecule has 0 amide bonds. The molecule has 0 atom stereocenters. The van der Waals surface area contributed by atoms with E-state index in [9.17, 15) is 0 Å². The summed E-state index contributed by atoms with van der Waals surface area (Å²) in [4.78, 5) is 1.31. The molecule has 0 bridgehead atoms. The molecule has 2 rings (SSSR count). The van der Waals surface area contributed by atoms with Gasteiger partial charge in [-0.2, -0.15) is 0 Å². The van der Waals surface area contributed by atoms with Gasteiger partial charge in [0, 0.05) is 21.4 Å². The molecule has 16 heavy (non-hydrogen) atoms. The fourth-order valence-corrected chi connectivity index (χ4v) is 1.81. The summed E-state index contributed by atoms with van der Waals surface area (Å²) in [5.41, 5.74) is 2.17. The van der Waals surface area contributed by atoms with Crippen LogP contribution in [0.15, 0.2) is 41.8 Å². The molecule has 0 N–H and O–H groups in total. The molecule has 0 radical (unpaired) electrons. The Hall–Kier alpha value is -1.52. The summed E-state index contributed by atoms with van der Waals surface area (Å²) in [6.07, 6.45) is 0. The molecule has 82 valence electrons. The van der Waals surface area contributed by atoms with Gasteiger partial charge in [-0.3, -0.25) is 0 Å². The van der Waals surface area contributed by atoms with E-state index < -0.39 is 0 Å². The molecule has 0 fully saturated rings. The Labute approximate surface area is 102 Å². The van der Waals surface area contributed by atoms with Crippen LogP contribution in [0.2, 0.25) is 0 Å². The molecule has 0 spiro atoms. The van der Waals surface area contributed by atoms with Crippen LogP contribution in [0.5, 0.6) is 0 Å². The standard InChI is InChI=1S/C13H10S.C2H6/c1-11-9-13(10-14-11)8-7-12-5-3-2-4-6-12;1-2/h2-6,9-10H,1H3;1-2H3. The molecule has 0 aliphatic heterocycles. The van der Waals surface area contributed by atoms with Gasteiger partial charge < -0.3 is 0 Å².